The highest BCUT2D eigenvalue weighted by atomic mass is 32.2. The molecule has 1 heterocycles. The van der Waals surface area contributed by atoms with E-state index in [1.165, 1.54) is 0 Å². The van der Waals surface area contributed by atoms with Gasteiger partial charge in [0.2, 0.25) is 16.8 Å². The predicted octanol–water partition coefficient (Wildman–Crippen LogP) is 0.101. The first kappa shape index (κ1) is 17.5. The highest BCUT2D eigenvalue weighted by Crippen LogP contribution is 2.32. The molecule has 0 saturated carbocycles. The smallest absolute Gasteiger partial charge is 0.251 e. The number of hydrogen-bond acceptors (Lipinski definition) is 6. The molecule has 9 heteroatoms. The summed E-state index contributed by atoms with van der Waals surface area (Å²) in [6.07, 6.45) is 0.597. The van der Waals surface area contributed by atoms with E-state index in [9.17, 15) is 13.2 Å². The van der Waals surface area contributed by atoms with Gasteiger partial charge in [0.1, 0.15) is 0 Å². The summed E-state index contributed by atoms with van der Waals surface area (Å²) in [5.74, 6) is 0.545. The Labute approximate surface area is 135 Å². The number of fused-ring (bicyclic) bond motifs is 1. The van der Waals surface area contributed by atoms with Gasteiger partial charge in [-0.3, -0.25) is 4.79 Å². The van der Waals surface area contributed by atoms with Crippen molar-refractivity contribution in [2.75, 3.05) is 39.4 Å². The lowest BCUT2D eigenvalue weighted by atomic mass is 10.2. The van der Waals surface area contributed by atoms with Crippen LogP contribution < -0.4 is 19.5 Å². The molecule has 8 nitrogen and oxygen atoms in total. The number of hydrogen-bond donors (Lipinski definition) is 2. The van der Waals surface area contributed by atoms with Crippen molar-refractivity contribution in [2.24, 2.45) is 0 Å². The van der Waals surface area contributed by atoms with E-state index in [-0.39, 0.29) is 25.0 Å². The normalized spacial score (nSPS) is 13.1. The lowest BCUT2D eigenvalue weighted by Crippen LogP contribution is -2.35. The molecule has 0 fully saturated rings. The van der Waals surface area contributed by atoms with Crippen LogP contribution in [0.4, 0.5) is 0 Å². The van der Waals surface area contributed by atoms with Crippen LogP contribution in [0.25, 0.3) is 0 Å². The molecule has 2 N–H and O–H groups in total. The minimum Gasteiger partial charge on any atom is -0.454 e. The molecule has 128 valence electrons. The number of benzene rings is 1. The first-order valence-corrected chi connectivity index (χ1v) is 8.81. The van der Waals surface area contributed by atoms with Crippen molar-refractivity contribution in [2.45, 2.75) is 6.42 Å². The number of carbonyl (C=O) groups is 1. The second-order valence-electron chi connectivity index (χ2n) is 4.88. The van der Waals surface area contributed by atoms with Crippen molar-refractivity contribution in [3.05, 3.63) is 23.8 Å². The van der Waals surface area contributed by atoms with E-state index in [4.69, 9.17) is 14.2 Å². The SMILES string of the molecule is COCCCNS(=O)(=O)CCNC(=O)c1ccc2c(c1)OCO2. The highest BCUT2D eigenvalue weighted by molar-refractivity contribution is 7.89. The second-order valence-corrected chi connectivity index (χ2v) is 6.81. The maximum atomic E-state index is 12.0. The van der Waals surface area contributed by atoms with Gasteiger partial charge in [-0.2, -0.15) is 0 Å². The van der Waals surface area contributed by atoms with Gasteiger partial charge in [-0.25, -0.2) is 13.1 Å². The van der Waals surface area contributed by atoms with E-state index in [2.05, 4.69) is 10.0 Å². The van der Waals surface area contributed by atoms with E-state index >= 15 is 0 Å². The predicted molar refractivity (Wildman–Crippen MR) is 83.2 cm³/mol. The summed E-state index contributed by atoms with van der Waals surface area (Å²) < 4.78 is 41.1. The van der Waals surface area contributed by atoms with Crippen LogP contribution in [-0.2, 0) is 14.8 Å². The average Bonchev–Trinajstić information content (AvgIpc) is 2.99. The van der Waals surface area contributed by atoms with Gasteiger partial charge in [0.25, 0.3) is 5.91 Å². The standard InChI is InChI=1S/C14H20N2O6S/c1-20-7-2-5-16-23(18,19)8-6-15-14(17)11-3-4-12-13(9-11)22-10-21-12/h3-4,9,16H,2,5-8,10H2,1H3,(H,15,17). The third-order valence-electron chi connectivity index (χ3n) is 3.14. The van der Waals surface area contributed by atoms with E-state index in [1.807, 2.05) is 0 Å². The fraction of sp³-hybridized carbons (Fsp3) is 0.500. The van der Waals surface area contributed by atoms with Gasteiger partial charge >= 0.3 is 0 Å². The Morgan fingerprint density at radius 3 is 2.83 bits per heavy atom. The summed E-state index contributed by atoms with van der Waals surface area (Å²) in [6, 6.07) is 4.81. The molecule has 23 heavy (non-hydrogen) atoms. The van der Waals surface area contributed by atoms with Crippen LogP contribution >= 0.6 is 0 Å². The van der Waals surface area contributed by atoms with Crippen molar-refractivity contribution >= 4 is 15.9 Å². The van der Waals surface area contributed by atoms with Crippen molar-refractivity contribution in [1.29, 1.82) is 0 Å². The van der Waals surface area contributed by atoms with Crippen LogP contribution in [0.1, 0.15) is 16.8 Å². The largest absolute Gasteiger partial charge is 0.454 e. The number of amides is 1. The molecule has 0 bridgehead atoms. The van der Waals surface area contributed by atoms with Gasteiger partial charge in [-0.05, 0) is 24.6 Å². The van der Waals surface area contributed by atoms with Gasteiger partial charge in [-0.15, -0.1) is 0 Å². The maximum absolute atomic E-state index is 12.0. The van der Waals surface area contributed by atoms with E-state index in [1.54, 1.807) is 25.3 Å². The first-order chi connectivity index (χ1) is 11.0. The molecular weight excluding hydrogens is 324 g/mol. The van der Waals surface area contributed by atoms with Gasteiger partial charge < -0.3 is 19.5 Å². The van der Waals surface area contributed by atoms with E-state index < -0.39 is 10.0 Å². The van der Waals surface area contributed by atoms with Gasteiger partial charge in [0.05, 0.1) is 5.75 Å². The molecule has 0 atom stereocenters. The van der Waals surface area contributed by atoms with Crippen LogP contribution in [0.5, 0.6) is 11.5 Å². The summed E-state index contributed by atoms with van der Waals surface area (Å²) >= 11 is 0. The highest BCUT2D eigenvalue weighted by Gasteiger charge is 2.16. The Morgan fingerprint density at radius 1 is 1.26 bits per heavy atom. The Morgan fingerprint density at radius 2 is 2.04 bits per heavy atom. The molecule has 0 aromatic heterocycles. The van der Waals surface area contributed by atoms with E-state index in [0.717, 1.165) is 0 Å². The molecule has 0 radical (unpaired) electrons. The number of methoxy groups -OCH3 is 1. The van der Waals surface area contributed by atoms with Crippen LogP contribution in [0, 0.1) is 0 Å². The summed E-state index contributed by atoms with van der Waals surface area (Å²) in [5, 5.41) is 2.57. The van der Waals surface area contributed by atoms with Crippen LogP contribution in [-0.4, -0.2) is 53.7 Å². The lowest BCUT2D eigenvalue weighted by Gasteiger charge is -2.08. The van der Waals surface area contributed by atoms with Crippen LogP contribution in [0.3, 0.4) is 0 Å². The van der Waals surface area contributed by atoms with Crippen molar-refractivity contribution in [3.63, 3.8) is 0 Å². The lowest BCUT2D eigenvalue weighted by molar-refractivity contribution is 0.0955. The Balaban J connectivity index is 1.76. The third-order valence-corrected chi connectivity index (χ3v) is 4.52. The van der Waals surface area contributed by atoms with Crippen molar-refractivity contribution < 1.29 is 27.4 Å². The third kappa shape index (κ3) is 5.38. The zero-order chi connectivity index (χ0) is 16.7. The number of carbonyl (C=O) groups excluding carboxylic acids is 1. The zero-order valence-electron chi connectivity index (χ0n) is 12.8. The minimum absolute atomic E-state index is 0.0207. The summed E-state index contributed by atoms with van der Waals surface area (Å²) in [5.41, 5.74) is 0.389. The fourth-order valence-electron chi connectivity index (χ4n) is 1.96. The van der Waals surface area contributed by atoms with Crippen molar-refractivity contribution in [1.82, 2.24) is 10.0 Å². The molecule has 0 aliphatic carbocycles. The molecule has 0 unspecified atom stereocenters. The number of ether oxygens (including phenoxy) is 3. The van der Waals surface area contributed by atoms with Crippen molar-refractivity contribution in [3.8, 4) is 11.5 Å². The van der Waals surface area contributed by atoms with Crippen LogP contribution in [0.15, 0.2) is 18.2 Å². The molecule has 1 amide bonds. The molecule has 1 aliphatic rings. The molecule has 1 aromatic carbocycles. The molecule has 2 rings (SSSR count). The fourth-order valence-corrected chi connectivity index (χ4v) is 2.93. The van der Waals surface area contributed by atoms with Crippen LogP contribution in [0.2, 0.25) is 0 Å². The topological polar surface area (TPSA) is 103 Å². The minimum atomic E-state index is -3.41. The van der Waals surface area contributed by atoms with Gasteiger partial charge in [0, 0.05) is 32.4 Å². The summed E-state index contributed by atoms with van der Waals surface area (Å²) in [4.78, 5) is 12.0. The zero-order valence-corrected chi connectivity index (χ0v) is 13.6. The number of nitrogens with one attached hydrogen (secondary N) is 2. The molecular formula is C14H20N2O6S. The monoisotopic (exact) mass is 344 g/mol. The Hall–Kier alpha value is -1.84. The maximum Gasteiger partial charge on any atom is 0.251 e. The molecule has 0 saturated heterocycles. The average molecular weight is 344 g/mol. The Bertz CT molecular complexity index is 647. The molecule has 1 aromatic rings. The summed E-state index contributed by atoms with van der Waals surface area (Å²) in [6.45, 7) is 0.954. The number of rotatable bonds is 9. The quantitative estimate of drug-likeness (QED) is 0.616. The van der Waals surface area contributed by atoms with E-state index in [0.29, 0.717) is 36.6 Å². The second kappa shape index (κ2) is 8.14. The van der Waals surface area contributed by atoms with Gasteiger partial charge in [0.15, 0.2) is 11.5 Å². The molecule has 1 aliphatic heterocycles. The number of sulfonamides is 1. The first-order valence-electron chi connectivity index (χ1n) is 7.16. The Kier molecular flexibility index (Phi) is 6.20. The molecule has 0 spiro atoms. The van der Waals surface area contributed by atoms with Gasteiger partial charge in [-0.1, -0.05) is 0 Å². The summed E-state index contributed by atoms with van der Waals surface area (Å²) in [7, 11) is -1.86.